The molecule has 1 amide bonds. The molecule has 3 nitrogen and oxygen atoms in total. The molecule has 1 aliphatic rings. The van der Waals surface area contributed by atoms with E-state index in [1.807, 2.05) is 47.4 Å². The highest BCUT2D eigenvalue weighted by Crippen LogP contribution is 2.30. The molecule has 0 spiro atoms. The van der Waals surface area contributed by atoms with Gasteiger partial charge in [-0.1, -0.05) is 55.5 Å². The van der Waals surface area contributed by atoms with E-state index in [0.717, 1.165) is 36.9 Å². The van der Waals surface area contributed by atoms with Gasteiger partial charge in [0, 0.05) is 24.1 Å². The summed E-state index contributed by atoms with van der Waals surface area (Å²) in [6, 6.07) is 18.1. The van der Waals surface area contributed by atoms with Crippen molar-refractivity contribution in [3.8, 4) is 0 Å². The molecule has 0 saturated carbocycles. The summed E-state index contributed by atoms with van der Waals surface area (Å²) in [5.74, 6) is 0.0842. The summed E-state index contributed by atoms with van der Waals surface area (Å²) in [7, 11) is 0. The van der Waals surface area contributed by atoms with E-state index in [-0.39, 0.29) is 17.9 Å². The van der Waals surface area contributed by atoms with Gasteiger partial charge < -0.3 is 10.0 Å². The van der Waals surface area contributed by atoms with Crippen LogP contribution in [0.4, 0.5) is 0 Å². The number of likely N-dealkylation sites (tertiary alicyclic amines) is 1. The zero-order valence-electron chi connectivity index (χ0n) is 14.2. The van der Waals surface area contributed by atoms with Crippen molar-refractivity contribution in [1.82, 2.24) is 4.90 Å². The second kappa shape index (κ2) is 7.18. The summed E-state index contributed by atoms with van der Waals surface area (Å²) in [6.45, 7) is 3.58. The zero-order valence-corrected chi connectivity index (χ0v) is 14.2. The smallest absolute Gasteiger partial charge is 0.254 e. The van der Waals surface area contributed by atoms with Crippen molar-refractivity contribution in [2.75, 3.05) is 19.7 Å². The summed E-state index contributed by atoms with van der Waals surface area (Å²) in [4.78, 5) is 15.0. The first-order chi connectivity index (χ1) is 11.6. The maximum atomic E-state index is 13.1. The Balaban J connectivity index is 1.83. The van der Waals surface area contributed by atoms with E-state index >= 15 is 0 Å². The summed E-state index contributed by atoms with van der Waals surface area (Å²) in [5, 5.41) is 9.63. The highest BCUT2D eigenvalue weighted by atomic mass is 16.3. The fourth-order valence-electron chi connectivity index (χ4n) is 3.49. The first-order valence-corrected chi connectivity index (χ1v) is 8.63. The molecular formula is C21H25NO2. The average molecular weight is 323 g/mol. The third kappa shape index (κ3) is 3.68. The first-order valence-electron chi connectivity index (χ1n) is 8.63. The van der Waals surface area contributed by atoms with Gasteiger partial charge in [0.15, 0.2) is 0 Å². The van der Waals surface area contributed by atoms with Crippen LogP contribution in [0.15, 0.2) is 54.6 Å². The van der Waals surface area contributed by atoms with Gasteiger partial charge in [-0.25, -0.2) is 0 Å². The molecule has 1 N–H and O–H groups in total. The zero-order chi connectivity index (χ0) is 17.0. The number of aliphatic hydroxyl groups excluding tert-OH is 1. The number of rotatable bonds is 4. The van der Waals surface area contributed by atoms with E-state index in [1.165, 1.54) is 5.56 Å². The van der Waals surface area contributed by atoms with Crippen LogP contribution in [0.25, 0.3) is 0 Å². The Kier molecular flexibility index (Phi) is 5.00. The molecule has 1 unspecified atom stereocenters. The van der Waals surface area contributed by atoms with Gasteiger partial charge in [-0.05, 0) is 36.5 Å². The van der Waals surface area contributed by atoms with Crippen LogP contribution in [0.5, 0.6) is 0 Å². The predicted molar refractivity (Wildman–Crippen MR) is 96.0 cm³/mol. The number of carbonyl (C=O) groups is 1. The number of carbonyl (C=O) groups excluding carboxylic acids is 1. The molecule has 1 saturated heterocycles. The molecule has 2 aromatic carbocycles. The highest BCUT2D eigenvalue weighted by molar-refractivity contribution is 5.96. The van der Waals surface area contributed by atoms with Crippen LogP contribution in [0.3, 0.4) is 0 Å². The second-order valence-electron chi connectivity index (χ2n) is 7.12. The maximum Gasteiger partial charge on any atom is 0.254 e. The normalized spacial score (nSPS) is 20.8. The van der Waals surface area contributed by atoms with Crippen LogP contribution in [0, 0.1) is 5.41 Å². The quantitative estimate of drug-likeness (QED) is 0.935. The van der Waals surface area contributed by atoms with Crippen molar-refractivity contribution in [2.45, 2.75) is 26.2 Å². The summed E-state index contributed by atoms with van der Waals surface area (Å²) in [5.41, 5.74) is 2.87. The summed E-state index contributed by atoms with van der Waals surface area (Å²) >= 11 is 0. The van der Waals surface area contributed by atoms with Gasteiger partial charge in [0.2, 0.25) is 0 Å². The van der Waals surface area contributed by atoms with Crippen LogP contribution < -0.4 is 0 Å². The van der Waals surface area contributed by atoms with Crippen molar-refractivity contribution < 1.29 is 9.90 Å². The minimum Gasteiger partial charge on any atom is -0.396 e. The lowest BCUT2D eigenvalue weighted by Gasteiger charge is -2.39. The van der Waals surface area contributed by atoms with E-state index in [9.17, 15) is 9.90 Å². The Bertz CT molecular complexity index is 698. The molecule has 24 heavy (non-hydrogen) atoms. The molecule has 1 heterocycles. The molecule has 1 atom stereocenters. The van der Waals surface area contributed by atoms with Gasteiger partial charge in [0.05, 0.1) is 6.61 Å². The summed E-state index contributed by atoms with van der Waals surface area (Å²) in [6.07, 6.45) is 2.68. The van der Waals surface area contributed by atoms with Gasteiger partial charge in [0.25, 0.3) is 5.91 Å². The maximum absolute atomic E-state index is 13.1. The van der Waals surface area contributed by atoms with Crippen molar-refractivity contribution in [3.05, 3.63) is 71.3 Å². The third-order valence-electron chi connectivity index (χ3n) is 4.94. The minimum absolute atomic E-state index is 0.0842. The monoisotopic (exact) mass is 323 g/mol. The van der Waals surface area contributed by atoms with Crippen LogP contribution in [0.1, 0.15) is 41.3 Å². The van der Waals surface area contributed by atoms with Crippen LogP contribution in [0.2, 0.25) is 0 Å². The Morgan fingerprint density at radius 2 is 1.83 bits per heavy atom. The van der Waals surface area contributed by atoms with E-state index in [0.29, 0.717) is 6.54 Å². The molecule has 3 heteroatoms. The molecule has 0 aliphatic carbocycles. The van der Waals surface area contributed by atoms with E-state index in [4.69, 9.17) is 0 Å². The SMILES string of the molecule is CC1(CO)CCCN(C(=O)c2ccccc2Cc2ccccc2)C1. The topological polar surface area (TPSA) is 40.5 Å². The number of hydrogen-bond acceptors (Lipinski definition) is 2. The fourth-order valence-corrected chi connectivity index (χ4v) is 3.49. The number of aliphatic hydroxyl groups is 1. The standard InChI is InChI=1S/C21H25NO2/c1-21(16-23)12-7-13-22(15-21)20(24)19-11-6-5-10-18(19)14-17-8-3-2-4-9-17/h2-6,8-11,23H,7,12-16H2,1H3. The Morgan fingerprint density at radius 3 is 2.58 bits per heavy atom. The third-order valence-corrected chi connectivity index (χ3v) is 4.94. The van der Waals surface area contributed by atoms with Gasteiger partial charge in [-0.15, -0.1) is 0 Å². The van der Waals surface area contributed by atoms with Crippen molar-refractivity contribution in [3.63, 3.8) is 0 Å². The lowest BCUT2D eigenvalue weighted by Crippen LogP contribution is -2.46. The number of amides is 1. The fraction of sp³-hybridized carbons (Fsp3) is 0.381. The number of hydrogen-bond donors (Lipinski definition) is 1. The predicted octanol–water partition coefficient (Wildman–Crippen LogP) is 3.51. The highest BCUT2D eigenvalue weighted by Gasteiger charge is 2.33. The molecule has 1 fully saturated rings. The van der Waals surface area contributed by atoms with Gasteiger partial charge >= 0.3 is 0 Å². The lowest BCUT2D eigenvalue weighted by atomic mass is 9.82. The Morgan fingerprint density at radius 1 is 1.12 bits per heavy atom. The number of piperidine rings is 1. The molecule has 0 radical (unpaired) electrons. The molecule has 0 aromatic heterocycles. The molecule has 2 aromatic rings. The van der Waals surface area contributed by atoms with E-state index in [1.54, 1.807) is 0 Å². The van der Waals surface area contributed by atoms with Crippen molar-refractivity contribution in [1.29, 1.82) is 0 Å². The minimum atomic E-state index is -0.178. The van der Waals surface area contributed by atoms with Crippen molar-refractivity contribution >= 4 is 5.91 Å². The Labute approximate surface area is 143 Å². The molecule has 3 rings (SSSR count). The average Bonchev–Trinajstić information content (AvgIpc) is 2.62. The lowest BCUT2D eigenvalue weighted by molar-refractivity contribution is 0.0357. The van der Waals surface area contributed by atoms with Crippen LogP contribution >= 0.6 is 0 Å². The Hall–Kier alpha value is -2.13. The second-order valence-corrected chi connectivity index (χ2v) is 7.12. The molecule has 1 aliphatic heterocycles. The van der Waals surface area contributed by atoms with Crippen LogP contribution in [-0.2, 0) is 6.42 Å². The van der Waals surface area contributed by atoms with Gasteiger partial charge in [0.1, 0.15) is 0 Å². The molecular weight excluding hydrogens is 298 g/mol. The van der Waals surface area contributed by atoms with E-state index in [2.05, 4.69) is 19.1 Å². The van der Waals surface area contributed by atoms with Gasteiger partial charge in [-0.2, -0.15) is 0 Å². The number of benzene rings is 2. The summed E-state index contributed by atoms with van der Waals surface area (Å²) < 4.78 is 0. The first kappa shape index (κ1) is 16.7. The molecule has 126 valence electrons. The largest absolute Gasteiger partial charge is 0.396 e. The van der Waals surface area contributed by atoms with Gasteiger partial charge in [-0.3, -0.25) is 4.79 Å². The van der Waals surface area contributed by atoms with Crippen molar-refractivity contribution in [2.24, 2.45) is 5.41 Å². The molecule has 0 bridgehead atoms. The van der Waals surface area contributed by atoms with E-state index < -0.39 is 0 Å². The van der Waals surface area contributed by atoms with Crippen LogP contribution in [-0.4, -0.2) is 35.6 Å². The number of nitrogens with zero attached hydrogens (tertiary/aromatic N) is 1.